The monoisotopic (exact) mass is 298 g/mol. The summed E-state index contributed by atoms with van der Waals surface area (Å²) in [6, 6.07) is 4.97. The van der Waals surface area contributed by atoms with Crippen LogP contribution in [0.2, 0.25) is 30.7 Å². The summed E-state index contributed by atoms with van der Waals surface area (Å²) in [4.78, 5) is 4.34. The topological polar surface area (TPSA) is 27.1 Å². The maximum atomic E-state index is 6.10. The van der Waals surface area contributed by atoms with Gasteiger partial charge in [-0.3, -0.25) is 0 Å². The van der Waals surface area contributed by atoms with Gasteiger partial charge in [0.2, 0.25) is 0 Å². The van der Waals surface area contributed by atoms with Crippen molar-refractivity contribution in [3.8, 4) is 0 Å². The highest BCUT2D eigenvalue weighted by Gasteiger charge is 2.12. The molecule has 0 radical (unpaired) electrons. The van der Waals surface area contributed by atoms with E-state index in [1.807, 2.05) is 16.8 Å². The third-order valence-corrected chi connectivity index (χ3v) is 4.87. The van der Waals surface area contributed by atoms with Gasteiger partial charge in [-0.2, -0.15) is 0 Å². The van der Waals surface area contributed by atoms with Crippen LogP contribution in [0, 0.1) is 0 Å². The minimum Gasteiger partial charge on any atom is -0.361 e. The average Bonchev–Trinajstić information content (AvgIpc) is 2.68. The molecule has 2 rings (SSSR count). The molecule has 2 aromatic rings. The summed E-state index contributed by atoms with van der Waals surface area (Å²) in [6.07, 6.45) is 3.70. The molecule has 2 heterocycles. The molecule has 0 aliphatic rings. The predicted octanol–water partition coefficient (Wildman–Crippen LogP) is 4.64. The van der Waals surface area contributed by atoms with E-state index >= 15 is 0 Å². The first-order valence-electron chi connectivity index (χ1n) is 6.14. The first kappa shape index (κ1) is 16.2. The summed E-state index contributed by atoms with van der Waals surface area (Å²) in [5.74, 6) is 0. The molecule has 0 atom stereocenters. The van der Waals surface area contributed by atoms with Crippen LogP contribution in [0.1, 0.15) is 7.43 Å². The number of pyridine rings is 1. The normalized spacial score (nSPS) is 11.6. The van der Waals surface area contributed by atoms with E-state index in [1.54, 1.807) is 12.3 Å². The molecule has 0 saturated heterocycles. The van der Waals surface area contributed by atoms with Gasteiger partial charge >= 0.3 is 0 Å². The van der Waals surface area contributed by atoms with Crippen molar-refractivity contribution in [2.75, 3.05) is 6.61 Å². The molecule has 106 valence electrons. The number of halogens is 1. The molecule has 0 N–H and O–H groups in total. The minimum atomic E-state index is -1.01. The lowest BCUT2D eigenvalue weighted by atomic mass is 10.3. The fourth-order valence-corrected chi connectivity index (χ4v) is 2.66. The molecule has 0 unspecified atom stereocenters. The number of rotatable bonds is 5. The highest BCUT2D eigenvalue weighted by Crippen LogP contribution is 2.22. The van der Waals surface area contributed by atoms with Crippen molar-refractivity contribution in [3.05, 3.63) is 29.5 Å². The Labute approximate surface area is 121 Å². The number of aromatic nitrogens is 2. The Hall–Kier alpha value is -0.843. The number of ether oxygens (including phenoxy) is 1. The van der Waals surface area contributed by atoms with Crippen LogP contribution >= 0.6 is 11.6 Å². The van der Waals surface area contributed by atoms with Crippen molar-refractivity contribution in [2.24, 2.45) is 0 Å². The maximum absolute atomic E-state index is 6.10. The van der Waals surface area contributed by atoms with Crippen molar-refractivity contribution in [2.45, 2.75) is 39.8 Å². The molecular weight excluding hydrogens is 276 g/mol. The number of nitrogens with zero attached hydrogens (tertiary/aromatic N) is 2. The van der Waals surface area contributed by atoms with E-state index in [-0.39, 0.29) is 7.43 Å². The van der Waals surface area contributed by atoms with Gasteiger partial charge in [0.15, 0.2) is 0 Å². The minimum absolute atomic E-state index is 0. The quantitative estimate of drug-likeness (QED) is 0.594. The summed E-state index contributed by atoms with van der Waals surface area (Å²) in [6.45, 7) is 8.41. The van der Waals surface area contributed by atoms with Crippen LogP contribution in [0.5, 0.6) is 0 Å². The second-order valence-electron chi connectivity index (χ2n) is 5.66. The van der Waals surface area contributed by atoms with E-state index in [0.717, 1.165) is 22.7 Å². The zero-order valence-electron chi connectivity index (χ0n) is 11.1. The molecule has 5 heteroatoms. The number of hydrogen-bond acceptors (Lipinski definition) is 2. The highest BCUT2D eigenvalue weighted by molar-refractivity contribution is 6.76. The number of fused-ring (bicyclic) bond motifs is 1. The molecule has 0 amide bonds. The van der Waals surface area contributed by atoms with Gasteiger partial charge in [0, 0.05) is 32.5 Å². The van der Waals surface area contributed by atoms with Crippen molar-refractivity contribution >= 4 is 30.7 Å². The van der Waals surface area contributed by atoms with Crippen LogP contribution in [0.3, 0.4) is 0 Å². The van der Waals surface area contributed by atoms with Gasteiger partial charge < -0.3 is 9.30 Å². The third kappa shape index (κ3) is 4.33. The Bertz CT molecular complexity index is 534. The van der Waals surface area contributed by atoms with Crippen LogP contribution in [0.15, 0.2) is 24.5 Å². The van der Waals surface area contributed by atoms with E-state index in [9.17, 15) is 0 Å². The zero-order valence-corrected chi connectivity index (χ0v) is 12.9. The van der Waals surface area contributed by atoms with Gasteiger partial charge in [-0.25, -0.2) is 4.98 Å². The van der Waals surface area contributed by atoms with Gasteiger partial charge in [-0.05, 0) is 18.2 Å². The molecule has 19 heavy (non-hydrogen) atoms. The van der Waals surface area contributed by atoms with E-state index < -0.39 is 8.07 Å². The summed E-state index contributed by atoms with van der Waals surface area (Å²) in [7, 11) is -1.01. The van der Waals surface area contributed by atoms with Gasteiger partial charge in [0.05, 0.1) is 5.02 Å². The first-order valence-corrected chi connectivity index (χ1v) is 10.2. The molecule has 0 aliphatic carbocycles. The Morgan fingerprint density at radius 2 is 2.05 bits per heavy atom. The lowest BCUT2D eigenvalue weighted by Crippen LogP contribution is -2.22. The van der Waals surface area contributed by atoms with E-state index in [0.29, 0.717) is 6.73 Å². The van der Waals surface area contributed by atoms with Crippen LogP contribution in [0.4, 0.5) is 0 Å². The van der Waals surface area contributed by atoms with Crippen LogP contribution in [-0.2, 0) is 11.5 Å². The fraction of sp³-hybridized carbons (Fsp3) is 0.500. The average molecular weight is 299 g/mol. The standard InChI is InChI=1S/C13H19ClN2OSi.CH4/c1-18(2,3)9-8-17-10-16-7-5-11-12(14)4-6-15-13(11)16;/h4-7H,8-10H2,1-3H3;1H4. The predicted molar refractivity (Wildman–Crippen MR) is 85.6 cm³/mol. The van der Waals surface area contributed by atoms with Crippen molar-refractivity contribution in [1.82, 2.24) is 9.55 Å². The van der Waals surface area contributed by atoms with Crippen LogP contribution < -0.4 is 0 Å². The molecular formula is C14H23ClN2OSi. The van der Waals surface area contributed by atoms with Crippen LogP contribution in [0.25, 0.3) is 11.0 Å². The van der Waals surface area contributed by atoms with Crippen LogP contribution in [-0.4, -0.2) is 24.2 Å². The summed E-state index contributed by atoms with van der Waals surface area (Å²) >= 11 is 6.10. The van der Waals surface area contributed by atoms with E-state index in [1.165, 1.54) is 6.04 Å². The van der Waals surface area contributed by atoms with E-state index in [2.05, 4.69) is 24.6 Å². The van der Waals surface area contributed by atoms with Crippen molar-refractivity contribution in [3.63, 3.8) is 0 Å². The molecule has 0 saturated carbocycles. The molecule has 0 bridgehead atoms. The maximum Gasteiger partial charge on any atom is 0.143 e. The molecule has 0 spiro atoms. The Morgan fingerprint density at radius 1 is 1.32 bits per heavy atom. The Kier molecular flexibility index (Phi) is 5.59. The number of hydrogen-bond donors (Lipinski definition) is 0. The van der Waals surface area contributed by atoms with Gasteiger partial charge in [-0.15, -0.1) is 0 Å². The van der Waals surface area contributed by atoms with Crippen molar-refractivity contribution in [1.29, 1.82) is 0 Å². The second kappa shape index (κ2) is 6.55. The SMILES string of the molecule is C.C[Si](C)(C)CCOCn1ccc2c(Cl)ccnc21. The third-order valence-electron chi connectivity index (χ3n) is 2.84. The summed E-state index contributed by atoms with van der Waals surface area (Å²) in [5.41, 5.74) is 0.885. The van der Waals surface area contributed by atoms with Gasteiger partial charge in [0.25, 0.3) is 0 Å². The van der Waals surface area contributed by atoms with Gasteiger partial charge in [-0.1, -0.05) is 38.7 Å². The van der Waals surface area contributed by atoms with Crippen molar-refractivity contribution < 1.29 is 4.74 Å². The summed E-state index contributed by atoms with van der Waals surface area (Å²) in [5, 5.41) is 1.72. The smallest absolute Gasteiger partial charge is 0.143 e. The Balaban J connectivity index is 0.00000180. The second-order valence-corrected chi connectivity index (χ2v) is 11.7. The molecule has 0 aromatic carbocycles. The zero-order chi connectivity index (χ0) is 13.2. The largest absolute Gasteiger partial charge is 0.361 e. The molecule has 3 nitrogen and oxygen atoms in total. The molecule has 2 aromatic heterocycles. The van der Waals surface area contributed by atoms with E-state index in [4.69, 9.17) is 16.3 Å². The Morgan fingerprint density at radius 3 is 2.74 bits per heavy atom. The molecule has 0 fully saturated rings. The fourth-order valence-electron chi connectivity index (χ4n) is 1.70. The highest BCUT2D eigenvalue weighted by atomic mass is 35.5. The lowest BCUT2D eigenvalue weighted by molar-refractivity contribution is 0.0899. The van der Waals surface area contributed by atoms with Gasteiger partial charge in [0.1, 0.15) is 12.4 Å². The summed E-state index contributed by atoms with van der Waals surface area (Å²) < 4.78 is 7.71. The molecule has 0 aliphatic heterocycles. The first-order chi connectivity index (χ1) is 8.47. The lowest BCUT2D eigenvalue weighted by Gasteiger charge is -2.15.